The van der Waals surface area contributed by atoms with E-state index < -0.39 is 18.6 Å². The van der Waals surface area contributed by atoms with Crippen molar-refractivity contribution >= 4 is 5.91 Å². The quantitative estimate of drug-likeness (QED) is 0.839. The summed E-state index contributed by atoms with van der Waals surface area (Å²) in [5, 5.41) is 0. The zero-order valence-corrected chi connectivity index (χ0v) is 12.8. The maximum Gasteiger partial charge on any atom is 0.406 e. The fourth-order valence-electron chi connectivity index (χ4n) is 2.68. The van der Waals surface area contributed by atoms with E-state index in [1.54, 1.807) is 24.3 Å². The monoisotopic (exact) mass is 339 g/mol. The van der Waals surface area contributed by atoms with Gasteiger partial charge in [0.1, 0.15) is 18.1 Å². The maximum atomic E-state index is 12.8. The summed E-state index contributed by atoms with van der Waals surface area (Å²) in [6.45, 7) is -0.925. The molecule has 0 saturated heterocycles. The number of halogens is 3. The van der Waals surface area contributed by atoms with Gasteiger partial charge in [0, 0.05) is 6.42 Å². The second-order valence-corrected chi connectivity index (χ2v) is 5.66. The lowest BCUT2D eigenvalue weighted by Crippen LogP contribution is -2.39. The Morgan fingerprint density at radius 1 is 1.25 bits per heavy atom. The van der Waals surface area contributed by atoms with Gasteiger partial charge in [-0.05, 0) is 29.3 Å². The van der Waals surface area contributed by atoms with Crippen LogP contribution in [0.25, 0.3) is 0 Å². The Morgan fingerprint density at radius 3 is 2.79 bits per heavy atom. The fraction of sp³-hybridized carbons (Fsp3) is 0.353. The van der Waals surface area contributed by atoms with Crippen LogP contribution in [0.3, 0.4) is 0 Å². The van der Waals surface area contributed by atoms with E-state index in [9.17, 15) is 18.0 Å². The molecule has 0 unspecified atom stereocenters. The van der Waals surface area contributed by atoms with E-state index in [0.29, 0.717) is 17.9 Å². The molecule has 0 fully saturated rings. The van der Waals surface area contributed by atoms with E-state index in [1.807, 2.05) is 6.07 Å². The summed E-state index contributed by atoms with van der Waals surface area (Å²) in [5.74, 6) is 0.492. The topological polar surface area (TPSA) is 42.7 Å². The molecule has 7 heteroatoms. The SMILES string of the molecule is O=C(Cc1ccc2c(c1)CCO2)N(Cc1ccco1)CC(F)(F)F. The number of amides is 1. The third-order valence-electron chi connectivity index (χ3n) is 3.76. The van der Waals surface area contributed by atoms with E-state index in [0.717, 1.165) is 22.6 Å². The predicted octanol–water partition coefficient (Wildman–Crippen LogP) is 3.35. The molecule has 2 heterocycles. The van der Waals surface area contributed by atoms with Crippen LogP contribution in [0.1, 0.15) is 16.9 Å². The van der Waals surface area contributed by atoms with Crippen LogP contribution >= 0.6 is 0 Å². The predicted molar refractivity (Wildman–Crippen MR) is 79.5 cm³/mol. The molecule has 128 valence electrons. The minimum absolute atomic E-state index is 0.0932. The zero-order chi connectivity index (χ0) is 17.2. The first kappa shape index (κ1) is 16.4. The highest BCUT2D eigenvalue weighted by Crippen LogP contribution is 2.26. The standard InChI is InChI=1S/C17H16F3NO3/c18-17(19,20)11-21(10-14-2-1-6-23-14)16(22)9-12-3-4-15-13(8-12)5-7-24-15/h1-4,6,8H,5,7,9-11H2. The third-order valence-corrected chi connectivity index (χ3v) is 3.76. The summed E-state index contributed by atoms with van der Waals surface area (Å²) in [6, 6.07) is 8.40. The van der Waals surface area contributed by atoms with Crippen molar-refractivity contribution < 1.29 is 27.1 Å². The number of carbonyl (C=O) groups excluding carboxylic acids is 1. The Kier molecular flexibility index (Phi) is 4.51. The molecule has 4 nitrogen and oxygen atoms in total. The van der Waals surface area contributed by atoms with Crippen LogP contribution in [0.15, 0.2) is 41.0 Å². The molecule has 1 aromatic carbocycles. The molecule has 24 heavy (non-hydrogen) atoms. The molecule has 0 bridgehead atoms. The highest BCUT2D eigenvalue weighted by Gasteiger charge is 2.33. The minimum atomic E-state index is -4.46. The van der Waals surface area contributed by atoms with E-state index in [2.05, 4.69) is 0 Å². The van der Waals surface area contributed by atoms with Crippen molar-refractivity contribution in [1.29, 1.82) is 0 Å². The molecule has 1 amide bonds. The summed E-state index contributed by atoms with van der Waals surface area (Å²) in [4.78, 5) is 13.1. The highest BCUT2D eigenvalue weighted by atomic mass is 19.4. The van der Waals surface area contributed by atoms with Gasteiger partial charge in [-0.25, -0.2) is 0 Å². The van der Waals surface area contributed by atoms with Gasteiger partial charge in [0.2, 0.25) is 5.91 Å². The molecule has 0 aliphatic carbocycles. The normalized spacial score (nSPS) is 13.5. The number of nitrogens with zero attached hydrogens (tertiary/aromatic N) is 1. The molecule has 1 aliphatic rings. The molecule has 0 saturated carbocycles. The molecule has 0 atom stereocenters. The fourth-order valence-corrected chi connectivity index (χ4v) is 2.68. The second kappa shape index (κ2) is 6.59. The van der Waals surface area contributed by atoms with Crippen LogP contribution < -0.4 is 4.74 Å². The lowest BCUT2D eigenvalue weighted by Gasteiger charge is -2.23. The van der Waals surface area contributed by atoms with Crippen molar-refractivity contribution in [1.82, 2.24) is 4.90 Å². The number of hydrogen-bond donors (Lipinski definition) is 0. The van der Waals surface area contributed by atoms with Crippen LogP contribution in [-0.4, -0.2) is 30.1 Å². The van der Waals surface area contributed by atoms with Crippen LogP contribution in [0.2, 0.25) is 0 Å². The zero-order valence-electron chi connectivity index (χ0n) is 12.8. The van der Waals surface area contributed by atoms with Crippen molar-refractivity contribution in [3.05, 3.63) is 53.5 Å². The highest BCUT2D eigenvalue weighted by molar-refractivity contribution is 5.79. The average Bonchev–Trinajstić information content (AvgIpc) is 3.15. The number of ether oxygens (including phenoxy) is 1. The van der Waals surface area contributed by atoms with Gasteiger partial charge < -0.3 is 14.1 Å². The minimum Gasteiger partial charge on any atom is -0.493 e. The van der Waals surface area contributed by atoms with Gasteiger partial charge in [0.15, 0.2) is 0 Å². The molecular weight excluding hydrogens is 323 g/mol. The average molecular weight is 339 g/mol. The summed E-state index contributed by atoms with van der Waals surface area (Å²) in [6.07, 6.45) is -2.44. The molecular formula is C17H16F3NO3. The van der Waals surface area contributed by atoms with Gasteiger partial charge in [-0.3, -0.25) is 4.79 Å². The molecule has 3 rings (SSSR count). The number of benzene rings is 1. The van der Waals surface area contributed by atoms with Crippen LogP contribution in [0.4, 0.5) is 13.2 Å². The Labute approximate surface area is 136 Å². The van der Waals surface area contributed by atoms with Gasteiger partial charge in [-0.2, -0.15) is 13.2 Å². The summed E-state index contributed by atoms with van der Waals surface area (Å²) in [5.41, 5.74) is 1.66. The Morgan fingerprint density at radius 2 is 2.08 bits per heavy atom. The van der Waals surface area contributed by atoms with Crippen molar-refractivity contribution in [3.8, 4) is 5.75 Å². The summed E-state index contributed by atoms with van der Waals surface area (Å²) < 4.78 is 48.8. The molecule has 2 aromatic rings. The molecule has 0 radical (unpaired) electrons. The van der Waals surface area contributed by atoms with Gasteiger partial charge in [0.05, 0.1) is 25.8 Å². The Balaban J connectivity index is 1.72. The van der Waals surface area contributed by atoms with Crippen molar-refractivity contribution in [2.45, 2.75) is 25.6 Å². The van der Waals surface area contributed by atoms with Gasteiger partial charge in [-0.15, -0.1) is 0 Å². The van der Waals surface area contributed by atoms with E-state index in [1.165, 1.54) is 6.26 Å². The van der Waals surface area contributed by atoms with Crippen molar-refractivity contribution in [2.75, 3.05) is 13.2 Å². The first-order valence-corrected chi connectivity index (χ1v) is 7.52. The summed E-state index contributed by atoms with van der Waals surface area (Å²) >= 11 is 0. The van der Waals surface area contributed by atoms with Crippen LogP contribution in [-0.2, 0) is 24.2 Å². The number of hydrogen-bond acceptors (Lipinski definition) is 3. The van der Waals surface area contributed by atoms with Gasteiger partial charge in [0.25, 0.3) is 0 Å². The molecule has 1 aromatic heterocycles. The number of alkyl halides is 3. The first-order valence-electron chi connectivity index (χ1n) is 7.52. The van der Waals surface area contributed by atoms with Crippen molar-refractivity contribution in [3.63, 3.8) is 0 Å². The maximum absolute atomic E-state index is 12.8. The lowest BCUT2D eigenvalue weighted by molar-refractivity contribution is -0.162. The summed E-state index contributed by atoms with van der Waals surface area (Å²) in [7, 11) is 0. The largest absolute Gasteiger partial charge is 0.493 e. The lowest BCUT2D eigenvalue weighted by atomic mass is 10.1. The molecule has 0 spiro atoms. The van der Waals surface area contributed by atoms with E-state index >= 15 is 0 Å². The second-order valence-electron chi connectivity index (χ2n) is 5.66. The molecule has 1 aliphatic heterocycles. The van der Waals surface area contributed by atoms with E-state index in [4.69, 9.17) is 9.15 Å². The Bertz CT molecular complexity index is 710. The number of fused-ring (bicyclic) bond motifs is 1. The Hall–Kier alpha value is -2.44. The van der Waals surface area contributed by atoms with Crippen LogP contribution in [0, 0.1) is 0 Å². The van der Waals surface area contributed by atoms with Gasteiger partial charge >= 0.3 is 6.18 Å². The number of furan rings is 1. The van der Waals surface area contributed by atoms with Gasteiger partial charge in [-0.1, -0.05) is 12.1 Å². The third kappa shape index (κ3) is 4.10. The molecule has 0 N–H and O–H groups in total. The van der Waals surface area contributed by atoms with E-state index in [-0.39, 0.29) is 13.0 Å². The number of rotatable bonds is 5. The first-order chi connectivity index (χ1) is 11.4. The number of carbonyl (C=O) groups is 1. The van der Waals surface area contributed by atoms with Crippen molar-refractivity contribution in [2.24, 2.45) is 0 Å². The van der Waals surface area contributed by atoms with Crippen LogP contribution in [0.5, 0.6) is 5.75 Å². The smallest absolute Gasteiger partial charge is 0.406 e.